The summed E-state index contributed by atoms with van der Waals surface area (Å²) in [7, 11) is 0. The average Bonchev–Trinajstić information content (AvgIpc) is 3.04. The largest absolute Gasteiger partial charge is 0.348 e. The Morgan fingerprint density at radius 2 is 1.96 bits per heavy atom. The first kappa shape index (κ1) is 17.6. The number of rotatable bonds is 5. The Labute approximate surface area is 158 Å². The molecule has 1 atom stereocenters. The first-order chi connectivity index (χ1) is 12.0. The van der Waals surface area contributed by atoms with Gasteiger partial charge in [-0.2, -0.15) is 4.80 Å². The minimum absolute atomic E-state index is 0.0156. The van der Waals surface area contributed by atoms with Crippen molar-refractivity contribution in [2.24, 2.45) is 0 Å². The van der Waals surface area contributed by atoms with Crippen molar-refractivity contribution in [1.29, 1.82) is 0 Å². The molecule has 3 rings (SSSR count). The van der Waals surface area contributed by atoms with Crippen LogP contribution >= 0.6 is 27.5 Å². The highest BCUT2D eigenvalue weighted by Gasteiger charge is 2.14. The van der Waals surface area contributed by atoms with E-state index in [0.717, 1.165) is 15.6 Å². The topological polar surface area (TPSA) is 72.7 Å². The fourth-order valence-corrected chi connectivity index (χ4v) is 2.91. The van der Waals surface area contributed by atoms with Gasteiger partial charge in [0.1, 0.15) is 6.54 Å². The van der Waals surface area contributed by atoms with E-state index in [1.54, 1.807) is 6.07 Å². The summed E-state index contributed by atoms with van der Waals surface area (Å²) >= 11 is 9.53. The molecule has 0 aliphatic heterocycles. The molecule has 1 aromatic heterocycles. The van der Waals surface area contributed by atoms with Gasteiger partial charge in [0, 0.05) is 15.1 Å². The van der Waals surface area contributed by atoms with Gasteiger partial charge in [0.25, 0.3) is 0 Å². The van der Waals surface area contributed by atoms with Crippen LogP contribution in [0.2, 0.25) is 5.02 Å². The van der Waals surface area contributed by atoms with Crippen LogP contribution in [0.4, 0.5) is 0 Å². The second-order valence-corrected chi connectivity index (χ2v) is 6.78. The van der Waals surface area contributed by atoms with E-state index in [1.807, 2.05) is 49.4 Å². The third kappa shape index (κ3) is 4.43. The maximum Gasteiger partial charge on any atom is 0.244 e. The SMILES string of the molecule is CC(NC(=O)Cn1nnc(-c2ccc(Br)cc2)n1)c1ccccc1Cl. The molecule has 0 bridgehead atoms. The Kier molecular flexibility index (Phi) is 5.45. The molecule has 0 spiro atoms. The number of aromatic nitrogens is 4. The molecule has 128 valence electrons. The molecular formula is C17H15BrClN5O. The van der Waals surface area contributed by atoms with Gasteiger partial charge in [-0.3, -0.25) is 4.79 Å². The summed E-state index contributed by atoms with van der Waals surface area (Å²) in [4.78, 5) is 13.5. The van der Waals surface area contributed by atoms with E-state index >= 15 is 0 Å². The second-order valence-electron chi connectivity index (χ2n) is 5.46. The van der Waals surface area contributed by atoms with Gasteiger partial charge < -0.3 is 5.32 Å². The van der Waals surface area contributed by atoms with Gasteiger partial charge in [-0.1, -0.05) is 45.7 Å². The van der Waals surface area contributed by atoms with Crippen molar-refractivity contribution in [1.82, 2.24) is 25.5 Å². The molecule has 6 nitrogen and oxygen atoms in total. The van der Waals surface area contributed by atoms with Gasteiger partial charge in [0.15, 0.2) is 0 Å². The summed E-state index contributed by atoms with van der Waals surface area (Å²) in [5.41, 5.74) is 1.69. The lowest BCUT2D eigenvalue weighted by Crippen LogP contribution is -2.31. The molecule has 1 heterocycles. The van der Waals surface area contributed by atoms with E-state index in [9.17, 15) is 4.79 Å². The maximum atomic E-state index is 12.2. The molecule has 0 saturated heterocycles. The number of amides is 1. The summed E-state index contributed by atoms with van der Waals surface area (Å²) in [5.74, 6) is 0.256. The second kappa shape index (κ2) is 7.76. The number of carbonyl (C=O) groups is 1. The minimum Gasteiger partial charge on any atom is -0.348 e. The Balaban J connectivity index is 1.64. The monoisotopic (exact) mass is 419 g/mol. The zero-order valence-electron chi connectivity index (χ0n) is 13.4. The molecule has 1 unspecified atom stereocenters. The molecule has 8 heteroatoms. The molecule has 25 heavy (non-hydrogen) atoms. The summed E-state index contributed by atoms with van der Waals surface area (Å²) in [6.07, 6.45) is 0. The van der Waals surface area contributed by atoms with Crippen LogP contribution in [0.1, 0.15) is 18.5 Å². The number of tetrazole rings is 1. The molecule has 1 N–H and O–H groups in total. The Hall–Kier alpha value is -2.25. The van der Waals surface area contributed by atoms with Crippen LogP contribution in [-0.2, 0) is 11.3 Å². The van der Waals surface area contributed by atoms with Gasteiger partial charge in [0.2, 0.25) is 11.7 Å². The smallest absolute Gasteiger partial charge is 0.244 e. The van der Waals surface area contributed by atoms with E-state index in [4.69, 9.17) is 11.6 Å². The number of nitrogens with one attached hydrogen (secondary N) is 1. The molecule has 3 aromatic rings. The summed E-state index contributed by atoms with van der Waals surface area (Å²) in [5, 5.41) is 15.7. The standard InChI is InChI=1S/C17H15BrClN5O/c1-11(14-4-2-3-5-15(14)19)20-16(25)10-24-22-17(21-23-24)12-6-8-13(18)9-7-12/h2-9,11H,10H2,1H3,(H,20,25). The highest BCUT2D eigenvalue weighted by Crippen LogP contribution is 2.22. The fourth-order valence-electron chi connectivity index (χ4n) is 2.34. The van der Waals surface area contributed by atoms with Crippen molar-refractivity contribution in [2.45, 2.75) is 19.5 Å². The maximum absolute atomic E-state index is 12.2. The fraction of sp³-hybridized carbons (Fsp3) is 0.176. The van der Waals surface area contributed by atoms with Gasteiger partial charge in [-0.15, -0.1) is 10.2 Å². The lowest BCUT2D eigenvalue weighted by molar-refractivity contribution is -0.122. The van der Waals surface area contributed by atoms with Crippen molar-refractivity contribution in [3.63, 3.8) is 0 Å². The van der Waals surface area contributed by atoms with Crippen LogP contribution < -0.4 is 5.32 Å². The normalized spacial score (nSPS) is 12.0. The van der Waals surface area contributed by atoms with E-state index < -0.39 is 0 Å². The molecule has 0 radical (unpaired) electrons. The zero-order valence-corrected chi connectivity index (χ0v) is 15.7. The number of benzene rings is 2. The number of carbonyl (C=O) groups excluding carboxylic acids is 1. The average molecular weight is 421 g/mol. The van der Waals surface area contributed by atoms with Crippen molar-refractivity contribution >= 4 is 33.4 Å². The summed E-state index contributed by atoms with van der Waals surface area (Å²) in [6, 6.07) is 14.8. The van der Waals surface area contributed by atoms with Crippen LogP contribution in [-0.4, -0.2) is 26.1 Å². The number of hydrogen-bond acceptors (Lipinski definition) is 4. The van der Waals surface area contributed by atoms with Gasteiger partial charge >= 0.3 is 0 Å². The van der Waals surface area contributed by atoms with Crippen molar-refractivity contribution in [3.8, 4) is 11.4 Å². The van der Waals surface area contributed by atoms with E-state index in [-0.39, 0.29) is 18.5 Å². The predicted molar refractivity (Wildman–Crippen MR) is 99.0 cm³/mol. The van der Waals surface area contributed by atoms with E-state index in [0.29, 0.717) is 10.8 Å². The molecule has 2 aromatic carbocycles. The quantitative estimate of drug-likeness (QED) is 0.684. The minimum atomic E-state index is -0.216. The van der Waals surface area contributed by atoms with Gasteiger partial charge in [-0.25, -0.2) is 0 Å². The van der Waals surface area contributed by atoms with Crippen molar-refractivity contribution in [3.05, 3.63) is 63.6 Å². The molecule has 0 aliphatic carbocycles. The van der Waals surface area contributed by atoms with Crippen molar-refractivity contribution in [2.75, 3.05) is 0 Å². The molecule has 0 aliphatic rings. The highest BCUT2D eigenvalue weighted by atomic mass is 79.9. The van der Waals surface area contributed by atoms with Crippen LogP contribution in [0.3, 0.4) is 0 Å². The lowest BCUT2D eigenvalue weighted by atomic mass is 10.1. The highest BCUT2D eigenvalue weighted by molar-refractivity contribution is 9.10. The lowest BCUT2D eigenvalue weighted by Gasteiger charge is -2.15. The molecule has 0 saturated carbocycles. The van der Waals surface area contributed by atoms with Crippen LogP contribution in [0.15, 0.2) is 53.0 Å². The Bertz CT molecular complexity index is 881. The first-order valence-electron chi connectivity index (χ1n) is 7.60. The van der Waals surface area contributed by atoms with E-state index in [1.165, 1.54) is 4.80 Å². The van der Waals surface area contributed by atoms with Gasteiger partial charge in [-0.05, 0) is 48.0 Å². The van der Waals surface area contributed by atoms with Crippen LogP contribution in [0.5, 0.6) is 0 Å². The third-order valence-electron chi connectivity index (χ3n) is 3.59. The number of halogens is 2. The van der Waals surface area contributed by atoms with Crippen molar-refractivity contribution < 1.29 is 4.79 Å². The van der Waals surface area contributed by atoms with Crippen LogP contribution in [0, 0.1) is 0 Å². The molecule has 1 amide bonds. The third-order valence-corrected chi connectivity index (χ3v) is 4.46. The van der Waals surface area contributed by atoms with Gasteiger partial charge in [0.05, 0.1) is 6.04 Å². The van der Waals surface area contributed by atoms with E-state index in [2.05, 4.69) is 36.7 Å². The zero-order chi connectivity index (χ0) is 17.8. The Morgan fingerprint density at radius 1 is 1.24 bits per heavy atom. The molecular weight excluding hydrogens is 406 g/mol. The Morgan fingerprint density at radius 3 is 2.68 bits per heavy atom. The molecule has 0 fully saturated rings. The first-order valence-corrected chi connectivity index (χ1v) is 8.77. The summed E-state index contributed by atoms with van der Waals surface area (Å²) < 4.78 is 0.969. The summed E-state index contributed by atoms with van der Waals surface area (Å²) in [6.45, 7) is 1.86. The number of hydrogen-bond donors (Lipinski definition) is 1. The predicted octanol–water partition coefficient (Wildman–Crippen LogP) is 3.63. The number of nitrogens with zero attached hydrogens (tertiary/aromatic N) is 4. The van der Waals surface area contributed by atoms with Crippen LogP contribution in [0.25, 0.3) is 11.4 Å².